The number of carbonyl (C=O) groups is 1. The second-order valence-corrected chi connectivity index (χ2v) is 11.4. The van der Waals surface area contributed by atoms with Gasteiger partial charge in [-0.15, -0.1) is 11.3 Å². The van der Waals surface area contributed by atoms with E-state index in [1.54, 1.807) is 11.3 Å². The predicted molar refractivity (Wildman–Crippen MR) is 102 cm³/mol. The first-order valence-corrected chi connectivity index (χ1v) is 11.5. The SMILES string of the molecule is CC(C)=C[C@@H]1[C@@H](C(=O)N(Cc2cccs2)[C@@H]2CCS(=O)(=O)C2)C1(C)C. The van der Waals surface area contributed by atoms with Crippen molar-refractivity contribution in [3.05, 3.63) is 34.0 Å². The molecule has 1 amide bonds. The highest BCUT2D eigenvalue weighted by molar-refractivity contribution is 7.91. The molecular formula is C19H27NO3S2. The quantitative estimate of drug-likeness (QED) is 0.734. The number of hydrogen-bond acceptors (Lipinski definition) is 4. The summed E-state index contributed by atoms with van der Waals surface area (Å²) in [5.74, 6) is 0.601. The summed E-state index contributed by atoms with van der Waals surface area (Å²) in [5, 5.41) is 2.00. The first-order valence-electron chi connectivity index (χ1n) is 8.80. The molecule has 138 valence electrons. The highest BCUT2D eigenvalue weighted by Crippen LogP contribution is 2.60. The van der Waals surface area contributed by atoms with E-state index < -0.39 is 9.84 Å². The van der Waals surface area contributed by atoms with E-state index in [0.29, 0.717) is 13.0 Å². The molecule has 1 saturated heterocycles. The summed E-state index contributed by atoms with van der Waals surface area (Å²) in [6.07, 6.45) is 2.75. The lowest BCUT2D eigenvalue weighted by Gasteiger charge is -2.28. The standard InChI is InChI=1S/C19H27NO3S2/c1-13(2)10-16-17(19(16,3)4)18(21)20(11-15-6-5-8-24-15)14-7-9-25(22,23)12-14/h5-6,8,10,14,16-17H,7,9,11-12H2,1-4H3/t14-,16-,17+/m1/s1. The van der Waals surface area contributed by atoms with Crippen LogP contribution in [0.25, 0.3) is 0 Å². The molecular weight excluding hydrogens is 354 g/mol. The van der Waals surface area contributed by atoms with E-state index in [2.05, 4.69) is 33.8 Å². The molecule has 0 unspecified atom stereocenters. The maximum Gasteiger partial charge on any atom is 0.227 e. The maximum absolute atomic E-state index is 13.3. The molecule has 1 aliphatic carbocycles. The van der Waals surface area contributed by atoms with Crippen molar-refractivity contribution in [1.82, 2.24) is 4.90 Å². The lowest BCUT2D eigenvalue weighted by atomic mass is 10.1. The molecule has 4 nitrogen and oxygen atoms in total. The summed E-state index contributed by atoms with van der Waals surface area (Å²) in [6.45, 7) is 8.90. The van der Waals surface area contributed by atoms with Gasteiger partial charge >= 0.3 is 0 Å². The highest BCUT2D eigenvalue weighted by atomic mass is 32.2. The number of hydrogen-bond donors (Lipinski definition) is 0. The van der Waals surface area contributed by atoms with Gasteiger partial charge in [0.2, 0.25) is 5.91 Å². The molecule has 0 bridgehead atoms. The van der Waals surface area contributed by atoms with Crippen molar-refractivity contribution in [1.29, 1.82) is 0 Å². The zero-order valence-corrected chi connectivity index (χ0v) is 17.0. The Hall–Kier alpha value is -1.14. The molecule has 2 aliphatic rings. The van der Waals surface area contributed by atoms with E-state index >= 15 is 0 Å². The minimum absolute atomic E-state index is 0.0503. The van der Waals surface area contributed by atoms with Gasteiger partial charge in [-0.1, -0.05) is 31.6 Å². The zero-order valence-electron chi connectivity index (χ0n) is 15.4. The molecule has 0 N–H and O–H groups in total. The molecule has 1 aromatic heterocycles. The van der Waals surface area contributed by atoms with Crippen LogP contribution >= 0.6 is 11.3 Å². The van der Waals surface area contributed by atoms with Crippen LogP contribution in [0.4, 0.5) is 0 Å². The normalized spacial score (nSPS) is 29.2. The summed E-state index contributed by atoms with van der Waals surface area (Å²) in [7, 11) is -3.02. The average molecular weight is 382 g/mol. The lowest BCUT2D eigenvalue weighted by molar-refractivity contribution is -0.136. The van der Waals surface area contributed by atoms with Crippen molar-refractivity contribution in [2.75, 3.05) is 11.5 Å². The number of sulfone groups is 1. The molecule has 1 aromatic rings. The smallest absolute Gasteiger partial charge is 0.227 e. The highest BCUT2D eigenvalue weighted by Gasteiger charge is 2.61. The number of nitrogens with zero attached hydrogens (tertiary/aromatic N) is 1. The van der Waals surface area contributed by atoms with Crippen LogP contribution < -0.4 is 0 Å². The molecule has 2 heterocycles. The minimum atomic E-state index is -3.02. The van der Waals surface area contributed by atoms with Gasteiger partial charge in [-0.2, -0.15) is 0 Å². The third-order valence-electron chi connectivity index (χ3n) is 5.53. The molecule has 0 radical (unpaired) electrons. The van der Waals surface area contributed by atoms with Crippen LogP contribution in [0.2, 0.25) is 0 Å². The molecule has 1 saturated carbocycles. The fourth-order valence-corrected chi connectivity index (χ4v) is 6.41. The number of allylic oxidation sites excluding steroid dienone is 2. The Morgan fingerprint density at radius 3 is 2.64 bits per heavy atom. The van der Waals surface area contributed by atoms with Crippen molar-refractivity contribution in [3.63, 3.8) is 0 Å². The number of carbonyl (C=O) groups excluding carboxylic acids is 1. The Kier molecular flexibility index (Phi) is 4.88. The molecule has 2 fully saturated rings. The van der Waals surface area contributed by atoms with Gasteiger partial charge in [0.15, 0.2) is 9.84 Å². The maximum atomic E-state index is 13.3. The Labute approximate surface area is 154 Å². The minimum Gasteiger partial charge on any atom is -0.333 e. The molecule has 0 spiro atoms. The zero-order chi connectivity index (χ0) is 18.4. The molecule has 3 atom stereocenters. The molecule has 1 aliphatic heterocycles. The van der Waals surface area contributed by atoms with Crippen LogP contribution in [0.15, 0.2) is 29.2 Å². The van der Waals surface area contributed by atoms with E-state index in [1.165, 1.54) is 5.57 Å². The van der Waals surface area contributed by atoms with Gasteiger partial charge in [0, 0.05) is 10.9 Å². The van der Waals surface area contributed by atoms with Gasteiger partial charge in [0.1, 0.15) is 0 Å². The second kappa shape index (κ2) is 6.54. The topological polar surface area (TPSA) is 54.5 Å². The van der Waals surface area contributed by atoms with Crippen LogP contribution in [0.5, 0.6) is 0 Å². The van der Waals surface area contributed by atoms with Crippen LogP contribution in [-0.2, 0) is 21.2 Å². The molecule has 0 aromatic carbocycles. The van der Waals surface area contributed by atoms with Crippen molar-refractivity contribution >= 4 is 27.1 Å². The first-order chi connectivity index (χ1) is 11.6. The van der Waals surface area contributed by atoms with E-state index in [-0.39, 0.29) is 40.7 Å². The summed E-state index contributed by atoms with van der Waals surface area (Å²) < 4.78 is 23.9. The molecule has 25 heavy (non-hydrogen) atoms. The Balaban J connectivity index is 1.84. The number of rotatable bonds is 5. The van der Waals surface area contributed by atoms with Gasteiger partial charge < -0.3 is 4.90 Å². The Morgan fingerprint density at radius 2 is 2.12 bits per heavy atom. The fraction of sp³-hybridized carbons (Fsp3) is 0.632. The van der Waals surface area contributed by atoms with Crippen molar-refractivity contribution in [2.45, 2.75) is 46.7 Å². The van der Waals surface area contributed by atoms with E-state index in [0.717, 1.165) is 4.88 Å². The molecule has 6 heteroatoms. The monoisotopic (exact) mass is 381 g/mol. The first kappa shape index (κ1) is 18.6. The third kappa shape index (κ3) is 3.85. The van der Waals surface area contributed by atoms with Crippen LogP contribution in [0, 0.1) is 17.3 Å². The second-order valence-electron chi connectivity index (χ2n) is 8.17. The van der Waals surface area contributed by atoms with Crippen molar-refractivity contribution < 1.29 is 13.2 Å². The largest absolute Gasteiger partial charge is 0.333 e. The lowest BCUT2D eigenvalue weighted by Crippen LogP contribution is -2.42. The van der Waals surface area contributed by atoms with Gasteiger partial charge in [0.05, 0.1) is 24.0 Å². The van der Waals surface area contributed by atoms with E-state index in [1.807, 2.05) is 22.4 Å². The summed E-state index contributed by atoms with van der Waals surface area (Å²) in [6, 6.07) is 3.80. The summed E-state index contributed by atoms with van der Waals surface area (Å²) in [5.41, 5.74) is 1.17. The average Bonchev–Trinajstić information content (AvgIpc) is 2.93. The third-order valence-corrected chi connectivity index (χ3v) is 8.14. The van der Waals surface area contributed by atoms with Crippen LogP contribution in [-0.4, -0.2) is 36.8 Å². The summed E-state index contributed by atoms with van der Waals surface area (Å²) in [4.78, 5) is 16.3. The van der Waals surface area contributed by atoms with Crippen molar-refractivity contribution in [3.8, 4) is 0 Å². The Bertz CT molecular complexity index is 774. The van der Waals surface area contributed by atoms with Crippen LogP contribution in [0.3, 0.4) is 0 Å². The van der Waals surface area contributed by atoms with Gasteiger partial charge in [0.25, 0.3) is 0 Å². The van der Waals surface area contributed by atoms with Crippen molar-refractivity contribution in [2.24, 2.45) is 17.3 Å². The van der Waals surface area contributed by atoms with Crippen LogP contribution in [0.1, 0.15) is 39.0 Å². The van der Waals surface area contributed by atoms with E-state index in [9.17, 15) is 13.2 Å². The van der Waals surface area contributed by atoms with Gasteiger partial charge in [-0.25, -0.2) is 8.42 Å². The fourth-order valence-electron chi connectivity index (χ4n) is 3.98. The predicted octanol–water partition coefficient (Wildman–Crippen LogP) is 3.50. The number of amides is 1. The van der Waals surface area contributed by atoms with E-state index in [4.69, 9.17) is 0 Å². The number of thiophene rings is 1. The summed E-state index contributed by atoms with van der Waals surface area (Å²) >= 11 is 1.62. The Morgan fingerprint density at radius 1 is 1.40 bits per heavy atom. The van der Waals surface area contributed by atoms with Gasteiger partial charge in [-0.3, -0.25) is 4.79 Å². The van der Waals surface area contributed by atoms with Gasteiger partial charge in [-0.05, 0) is 43.0 Å². The molecule has 3 rings (SSSR count).